The van der Waals surface area contributed by atoms with Gasteiger partial charge in [0.05, 0.1) is 11.7 Å². The second-order valence-electron chi connectivity index (χ2n) is 5.84. The maximum absolute atomic E-state index is 10.2. The van der Waals surface area contributed by atoms with Crippen LogP contribution < -0.4 is 0 Å². The van der Waals surface area contributed by atoms with Gasteiger partial charge in [0.15, 0.2) is 0 Å². The topological polar surface area (TPSA) is 35.9 Å². The molecular formula is C13H28N2O2. The van der Waals surface area contributed by atoms with Crippen molar-refractivity contribution in [2.24, 2.45) is 0 Å². The van der Waals surface area contributed by atoms with Crippen molar-refractivity contribution in [3.05, 3.63) is 0 Å². The van der Waals surface area contributed by atoms with Crippen LogP contribution in [0, 0.1) is 0 Å². The van der Waals surface area contributed by atoms with E-state index in [1.165, 1.54) is 12.8 Å². The second kappa shape index (κ2) is 6.14. The van der Waals surface area contributed by atoms with Gasteiger partial charge in [0.1, 0.15) is 0 Å². The van der Waals surface area contributed by atoms with Crippen LogP contribution in [0.2, 0.25) is 0 Å². The SMILES string of the molecule is COC(C)(C)C(O)CN1CCCC(N(C)C)C1. The largest absolute Gasteiger partial charge is 0.389 e. The van der Waals surface area contributed by atoms with Crippen molar-refractivity contribution in [1.82, 2.24) is 9.80 Å². The van der Waals surface area contributed by atoms with Crippen LogP contribution in [0.3, 0.4) is 0 Å². The maximum atomic E-state index is 10.2. The Labute approximate surface area is 106 Å². The lowest BCUT2D eigenvalue weighted by molar-refractivity contribution is -0.0906. The van der Waals surface area contributed by atoms with Gasteiger partial charge in [-0.2, -0.15) is 0 Å². The Hall–Kier alpha value is -0.160. The first-order valence-electron chi connectivity index (χ1n) is 6.49. The Balaban J connectivity index is 2.46. The zero-order valence-corrected chi connectivity index (χ0v) is 11.9. The minimum absolute atomic E-state index is 0.437. The number of rotatable bonds is 5. The summed E-state index contributed by atoms with van der Waals surface area (Å²) < 4.78 is 5.33. The van der Waals surface area contributed by atoms with E-state index >= 15 is 0 Å². The van der Waals surface area contributed by atoms with E-state index in [4.69, 9.17) is 4.74 Å². The molecule has 2 unspecified atom stereocenters. The van der Waals surface area contributed by atoms with Crippen LogP contribution in [0.5, 0.6) is 0 Å². The molecule has 1 N–H and O–H groups in total. The first-order chi connectivity index (χ1) is 7.86. The quantitative estimate of drug-likeness (QED) is 0.776. The number of aliphatic hydroxyl groups excluding tert-OH is 1. The highest BCUT2D eigenvalue weighted by molar-refractivity contribution is 4.85. The smallest absolute Gasteiger partial charge is 0.0950 e. The number of likely N-dealkylation sites (N-methyl/N-ethyl adjacent to an activating group) is 1. The average Bonchev–Trinajstić information content (AvgIpc) is 2.29. The number of aliphatic hydroxyl groups is 1. The summed E-state index contributed by atoms with van der Waals surface area (Å²) >= 11 is 0. The first kappa shape index (κ1) is 14.9. The highest BCUT2D eigenvalue weighted by Gasteiger charge is 2.31. The molecule has 0 spiro atoms. The van der Waals surface area contributed by atoms with E-state index in [9.17, 15) is 5.11 Å². The van der Waals surface area contributed by atoms with Crippen LogP contribution in [-0.2, 0) is 4.74 Å². The van der Waals surface area contributed by atoms with Gasteiger partial charge in [0, 0.05) is 26.2 Å². The van der Waals surface area contributed by atoms with Crippen molar-refractivity contribution in [2.75, 3.05) is 40.8 Å². The molecule has 0 saturated carbocycles. The van der Waals surface area contributed by atoms with Gasteiger partial charge < -0.3 is 14.7 Å². The van der Waals surface area contributed by atoms with Crippen LogP contribution in [0.4, 0.5) is 0 Å². The first-order valence-corrected chi connectivity index (χ1v) is 6.49. The Morgan fingerprint density at radius 1 is 1.47 bits per heavy atom. The monoisotopic (exact) mass is 244 g/mol. The van der Waals surface area contributed by atoms with Gasteiger partial charge >= 0.3 is 0 Å². The van der Waals surface area contributed by atoms with E-state index in [0.29, 0.717) is 12.6 Å². The summed E-state index contributed by atoms with van der Waals surface area (Å²) in [5, 5.41) is 10.2. The van der Waals surface area contributed by atoms with Gasteiger partial charge in [0.2, 0.25) is 0 Å². The van der Waals surface area contributed by atoms with Gasteiger partial charge in [0.25, 0.3) is 0 Å². The highest BCUT2D eigenvalue weighted by Crippen LogP contribution is 2.18. The normalized spacial score (nSPS) is 25.2. The summed E-state index contributed by atoms with van der Waals surface area (Å²) in [6.45, 7) is 6.70. The van der Waals surface area contributed by atoms with Gasteiger partial charge in [-0.05, 0) is 47.3 Å². The van der Waals surface area contributed by atoms with E-state index < -0.39 is 11.7 Å². The number of hydrogen-bond donors (Lipinski definition) is 1. The van der Waals surface area contributed by atoms with Crippen molar-refractivity contribution < 1.29 is 9.84 Å². The zero-order chi connectivity index (χ0) is 13.1. The molecule has 1 aliphatic heterocycles. The van der Waals surface area contributed by atoms with Gasteiger partial charge in [-0.3, -0.25) is 4.90 Å². The molecule has 0 aromatic rings. The van der Waals surface area contributed by atoms with Crippen molar-refractivity contribution in [1.29, 1.82) is 0 Å². The fraction of sp³-hybridized carbons (Fsp3) is 1.00. The molecule has 0 aromatic heterocycles. The number of β-amino-alcohol motifs (C(OH)–C–C–N with tert-alkyl or cyclic N) is 1. The Kier molecular flexibility index (Phi) is 5.38. The Morgan fingerprint density at radius 3 is 2.65 bits per heavy atom. The summed E-state index contributed by atoms with van der Waals surface area (Å²) in [4.78, 5) is 4.62. The molecule has 0 amide bonds. The van der Waals surface area contributed by atoms with Crippen LogP contribution in [-0.4, -0.2) is 73.5 Å². The number of likely N-dealkylation sites (tertiary alicyclic amines) is 1. The molecule has 4 heteroatoms. The molecular weight excluding hydrogens is 216 g/mol. The Morgan fingerprint density at radius 2 is 2.12 bits per heavy atom. The molecule has 102 valence electrons. The predicted octanol–water partition coefficient (Wildman–Crippen LogP) is 0.798. The molecule has 1 aliphatic rings. The third kappa shape index (κ3) is 4.21. The molecule has 2 atom stereocenters. The van der Waals surface area contributed by atoms with E-state index in [1.807, 2.05) is 13.8 Å². The van der Waals surface area contributed by atoms with E-state index in [0.717, 1.165) is 13.1 Å². The lowest BCUT2D eigenvalue weighted by atomic mass is 9.99. The maximum Gasteiger partial charge on any atom is 0.0950 e. The van der Waals surface area contributed by atoms with Crippen LogP contribution in [0.25, 0.3) is 0 Å². The van der Waals surface area contributed by atoms with Gasteiger partial charge in [-0.25, -0.2) is 0 Å². The third-order valence-corrected chi connectivity index (χ3v) is 3.97. The lowest BCUT2D eigenvalue weighted by Gasteiger charge is -2.39. The highest BCUT2D eigenvalue weighted by atomic mass is 16.5. The second-order valence-corrected chi connectivity index (χ2v) is 5.84. The number of methoxy groups -OCH3 is 1. The average molecular weight is 244 g/mol. The fourth-order valence-electron chi connectivity index (χ4n) is 2.22. The van der Waals surface area contributed by atoms with Crippen molar-refractivity contribution in [3.63, 3.8) is 0 Å². The molecule has 0 aliphatic carbocycles. The van der Waals surface area contributed by atoms with Gasteiger partial charge in [-0.15, -0.1) is 0 Å². The number of nitrogens with zero attached hydrogens (tertiary/aromatic N) is 2. The third-order valence-electron chi connectivity index (χ3n) is 3.97. The number of ether oxygens (including phenoxy) is 1. The molecule has 0 bridgehead atoms. The summed E-state index contributed by atoms with van der Waals surface area (Å²) in [7, 11) is 5.91. The predicted molar refractivity (Wildman–Crippen MR) is 70.2 cm³/mol. The van der Waals surface area contributed by atoms with Crippen molar-refractivity contribution >= 4 is 0 Å². The summed E-state index contributed by atoms with van der Waals surface area (Å²) in [5.74, 6) is 0. The molecule has 4 nitrogen and oxygen atoms in total. The number of hydrogen-bond acceptors (Lipinski definition) is 4. The standard InChI is InChI=1S/C13H28N2O2/c1-13(2,17-5)12(16)10-15-8-6-7-11(9-15)14(3)4/h11-12,16H,6-10H2,1-5H3. The molecule has 1 heterocycles. The molecule has 0 aromatic carbocycles. The van der Waals surface area contributed by atoms with Crippen molar-refractivity contribution in [2.45, 2.75) is 44.4 Å². The van der Waals surface area contributed by atoms with Gasteiger partial charge in [-0.1, -0.05) is 0 Å². The molecule has 1 saturated heterocycles. The summed E-state index contributed by atoms with van der Waals surface area (Å²) in [5.41, 5.74) is -0.467. The lowest BCUT2D eigenvalue weighted by Crippen LogP contribution is -2.51. The number of piperidine rings is 1. The van der Waals surface area contributed by atoms with Crippen LogP contribution >= 0.6 is 0 Å². The molecule has 0 radical (unpaired) electrons. The molecule has 1 rings (SSSR count). The van der Waals surface area contributed by atoms with Crippen LogP contribution in [0.15, 0.2) is 0 Å². The summed E-state index contributed by atoms with van der Waals surface area (Å²) in [6.07, 6.45) is 2.03. The van der Waals surface area contributed by atoms with E-state index in [-0.39, 0.29) is 0 Å². The summed E-state index contributed by atoms with van der Waals surface area (Å²) in [6, 6.07) is 0.613. The molecule has 1 fully saturated rings. The van der Waals surface area contributed by atoms with E-state index in [1.54, 1.807) is 7.11 Å². The van der Waals surface area contributed by atoms with Crippen molar-refractivity contribution in [3.8, 4) is 0 Å². The van der Waals surface area contributed by atoms with Crippen LogP contribution in [0.1, 0.15) is 26.7 Å². The Bertz CT molecular complexity index is 231. The minimum atomic E-state index is -0.467. The zero-order valence-electron chi connectivity index (χ0n) is 11.9. The molecule has 17 heavy (non-hydrogen) atoms. The fourth-order valence-corrected chi connectivity index (χ4v) is 2.22. The van der Waals surface area contributed by atoms with E-state index in [2.05, 4.69) is 23.9 Å². The minimum Gasteiger partial charge on any atom is -0.389 e.